The van der Waals surface area contributed by atoms with Gasteiger partial charge in [0.2, 0.25) is 0 Å². The second kappa shape index (κ2) is 12.0. The zero-order chi connectivity index (χ0) is 26.4. The number of ketones is 1. The average molecular weight is 512 g/mol. The predicted octanol–water partition coefficient (Wildman–Crippen LogP) is 4.10. The molecule has 1 unspecified atom stereocenters. The van der Waals surface area contributed by atoms with Crippen LogP contribution in [0.25, 0.3) is 5.76 Å². The first kappa shape index (κ1) is 26.3. The zero-order valence-electron chi connectivity index (χ0n) is 21.5. The van der Waals surface area contributed by atoms with Crippen LogP contribution in [0.2, 0.25) is 0 Å². The van der Waals surface area contributed by atoms with Crippen molar-refractivity contribution in [3.8, 4) is 23.0 Å². The highest BCUT2D eigenvalue weighted by atomic mass is 16.6. The van der Waals surface area contributed by atoms with Crippen LogP contribution in [0.3, 0.4) is 0 Å². The Labute approximate surface area is 216 Å². The van der Waals surface area contributed by atoms with Gasteiger partial charge in [0.15, 0.2) is 23.0 Å². The minimum atomic E-state index is -0.841. The van der Waals surface area contributed by atoms with Gasteiger partial charge in [-0.2, -0.15) is 0 Å². The van der Waals surface area contributed by atoms with Crippen molar-refractivity contribution in [3.05, 3.63) is 53.1 Å². The summed E-state index contributed by atoms with van der Waals surface area (Å²) in [5.74, 6) is 0.297. The van der Waals surface area contributed by atoms with Gasteiger partial charge >= 0.3 is 0 Å². The quantitative estimate of drug-likeness (QED) is 0.208. The van der Waals surface area contributed by atoms with E-state index in [-0.39, 0.29) is 24.5 Å². The van der Waals surface area contributed by atoms with Gasteiger partial charge in [0.1, 0.15) is 19.0 Å². The summed E-state index contributed by atoms with van der Waals surface area (Å²) in [4.78, 5) is 27.7. The zero-order valence-corrected chi connectivity index (χ0v) is 21.5. The van der Waals surface area contributed by atoms with Gasteiger partial charge in [0, 0.05) is 19.2 Å². The van der Waals surface area contributed by atoms with Crippen LogP contribution in [0, 0.1) is 0 Å². The van der Waals surface area contributed by atoms with Crippen molar-refractivity contribution in [3.63, 3.8) is 0 Å². The third-order valence-electron chi connectivity index (χ3n) is 6.40. The van der Waals surface area contributed by atoms with Crippen LogP contribution in [0.1, 0.15) is 43.4 Å². The molecule has 2 aliphatic heterocycles. The van der Waals surface area contributed by atoms with Crippen molar-refractivity contribution in [2.75, 3.05) is 47.2 Å². The van der Waals surface area contributed by atoms with Crippen LogP contribution in [0.4, 0.5) is 0 Å². The summed E-state index contributed by atoms with van der Waals surface area (Å²) in [5.41, 5.74) is 0.936. The molecule has 0 aromatic heterocycles. The van der Waals surface area contributed by atoms with Crippen LogP contribution < -0.4 is 18.9 Å². The second-order valence-electron chi connectivity index (χ2n) is 8.81. The number of hydrogen-bond acceptors (Lipinski definition) is 8. The number of nitrogens with zero attached hydrogens (tertiary/aromatic N) is 1. The molecule has 0 spiro atoms. The van der Waals surface area contributed by atoms with E-state index in [0.717, 1.165) is 19.3 Å². The number of likely N-dealkylation sites (tertiary alicyclic amines) is 1. The molecule has 1 fully saturated rings. The first-order chi connectivity index (χ1) is 18.0. The molecule has 2 aliphatic rings. The first-order valence-electron chi connectivity index (χ1n) is 12.5. The highest BCUT2D eigenvalue weighted by Gasteiger charge is 2.46. The molecule has 0 radical (unpaired) electrons. The van der Waals surface area contributed by atoms with Crippen molar-refractivity contribution in [1.82, 2.24) is 4.90 Å². The molecule has 9 nitrogen and oxygen atoms in total. The summed E-state index contributed by atoms with van der Waals surface area (Å²) < 4.78 is 27.8. The number of ether oxygens (including phenoxy) is 5. The Morgan fingerprint density at radius 2 is 1.78 bits per heavy atom. The minimum Gasteiger partial charge on any atom is -0.507 e. The maximum Gasteiger partial charge on any atom is 0.295 e. The Morgan fingerprint density at radius 3 is 2.51 bits per heavy atom. The maximum atomic E-state index is 13.2. The van der Waals surface area contributed by atoms with Gasteiger partial charge in [-0.3, -0.25) is 9.59 Å². The Kier molecular flexibility index (Phi) is 8.55. The van der Waals surface area contributed by atoms with E-state index in [0.29, 0.717) is 53.9 Å². The fourth-order valence-corrected chi connectivity index (χ4v) is 4.50. The summed E-state index contributed by atoms with van der Waals surface area (Å²) in [6.45, 7) is 3.89. The van der Waals surface area contributed by atoms with Gasteiger partial charge < -0.3 is 33.7 Å². The number of benzene rings is 2. The molecule has 0 bridgehead atoms. The monoisotopic (exact) mass is 511 g/mol. The maximum absolute atomic E-state index is 13.2. The third kappa shape index (κ3) is 5.51. The van der Waals surface area contributed by atoms with Crippen LogP contribution in [0.15, 0.2) is 42.0 Å². The van der Waals surface area contributed by atoms with Gasteiger partial charge in [0.05, 0.1) is 31.9 Å². The van der Waals surface area contributed by atoms with Crippen molar-refractivity contribution < 1.29 is 38.4 Å². The van der Waals surface area contributed by atoms with Gasteiger partial charge in [-0.15, -0.1) is 0 Å². The molecule has 0 saturated carbocycles. The molecular formula is C28H33NO8. The number of amides is 1. The van der Waals surface area contributed by atoms with Crippen molar-refractivity contribution >= 4 is 17.4 Å². The number of hydrogen-bond donors (Lipinski definition) is 1. The van der Waals surface area contributed by atoms with Crippen molar-refractivity contribution in [2.24, 2.45) is 0 Å². The predicted molar refractivity (Wildman–Crippen MR) is 136 cm³/mol. The summed E-state index contributed by atoms with van der Waals surface area (Å²) in [5, 5.41) is 11.3. The van der Waals surface area contributed by atoms with E-state index in [1.54, 1.807) is 36.4 Å². The molecule has 2 heterocycles. The molecule has 2 aromatic rings. The number of aliphatic hydroxyl groups excluding tert-OH is 1. The van der Waals surface area contributed by atoms with Crippen LogP contribution in [-0.4, -0.2) is 68.9 Å². The Balaban J connectivity index is 1.75. The Morgan fingerprint density at radius 1 is 1.00 bits per heavy atom. The van der Waals surface area contributed by atoms with Gasteiger partial charge in [-0.25, -0.2) is 0 Å². The number of carbonyl (C=O) groups excluding carboxylic acids is 2. The highest BCUT2D eigenvalue weighted by Crippen LogP contribution is 2.43. The lowest BCUT2D eigenvalue weighted by atomic mass is 9.94. The van der Waals surface area contributed by atoms with E-state index in [1.165, 1.54) is 19.1 Å². The molecule has 1 saturated heterocycles. The van der Waals surface area contributed by atoms with E-state index in [9.17, 15) is 14.7 Å². The van der Waals surface area contributed by atoms with E-state index in [4.69, 9.17) is 23.7 Å². The molecule has 4 rings (SSSR count). The van der Waals surface area contributed by atoms with Crippen LogP contribution in [-0.2, 0) is 14.3 Å². The lowest BCUT2D eigenvalue weighted by molar-refractivity contribution is -0.140. The van der Waals surface area contributed by atoms with Gasteiger partial charge in [0.25, 0.3) is 11.7 Å². The smallest absolute Gasteiger partial charge is 0.295 e. The molecule has 9 heteroatoms. The largest absolute Gasteiger partial charge is 0.507 e. The van der Waals surface area contributed by atoms with Crippen molar-refractivity contribution in [1.29, 1.82) is 0 Å². The Hall–Kier alpha value is -3.72. The summed E-state index contributed by atoms with van der Waals surface area (Å²) in [7, 11) is 3.06. The van der Waals surface area contributed by atoms with Crippen LogP contribution in [0.5, 0.6) is 23.0 Å². The highest BCUT2D eigenvalue weighted by molar-refractivity contribution is 6.46. The number of fused-ring (bicyclic) bond motifs is 1. The van der Waals surface area contributed by atoms with E-state index >= 15 is 0 Å². The van der Waals surface area contributed by atoms with Gasteiger partial charge in [-0.05, 0) is 42.3 Å². The Bertz CT molecular complexity index is 1170. The second-order valence-corrected chi connectivity index (χ2v) is 8.81. The van der Waals surface area contributed by atoms with E-state index in [1.807, 2.05) is 0 Å². The SMILES string of the molecule is CCCCCOc1ccc(C2/C(=C(\O)c3ccc4c(c3)OCCO4)C(=O)C(=O)N2CCOC)cc1OC. The van der Waals surface area contributed by atoms with Crippen LogP contribution >= 0.6 is 0 Å². The molecule has 2 aromatic carbocycles. The number of carbonyl (C=O) groups is 2. The topological polar surface area (TPSA) is 104 Å². The average Bonchev–Trinajstić information content (AvgIpc) is 3.18. The number of unbranched alkanes of at least 4 members (excludes halogenated alkanes) is 2. The van der Waals surface area contributed by atoms with E-state index in [2.05, 4.69) is 6.92 Å². The van der Waals surface area contributed by atoms with Gasteiger partial charge in [-0.1, -0.05) is 25.8 Å². The first-order valence-corrected chi connectivity index (χ1v) is 12.5. The molecule has 1 N–H and O–H groups in total. The lowest BCUT2D eigenvalue weighted by Gasteiger charge is -2.26. The molecule has 198 valence electrons. The van der Waals surface area contributed by atoms with Crippen molar-refractivity contribution in [2.45, 2.75) is 32.2 Å². The number of Topliss-reactive ketones (excluding diaryl/α,β-unsaturated/α-hetero) is 1. The fraction of sp³-hybridized carbons (Fsp3) is 0.429. The lowest BCUT2D eigenvalue weighted by Crippen LogP contribution is -2.32. The molecule has 1 atom stereocenters. The third-order valence-corrected chi connectivity index (χ3v) is 6.40. The molecular weight excluding hydrogens is 478 g/mol. The number of methoxy groups -OCH3 is 2. The molecule has 1 amide bonds. The minimum absolute atomic E-state index is 0.0172. The summed E-state index contributed by atoms with van der Waals surface area (Å²) in [6.07, 6.45) is 3.07. The fourth-order valence-electron chi connectivity index (χ4n) is 4.50. The standard InChI is InChI=1S/C28H33NO8/c1-4-5-6-12-35-20-9-7-18(16-22(20)34-3)25-24(27(31)28(32)29(25)11-13-33-2)26(30)19-8-10-21-23(17-19)37-15-14-36-21/h7-10,16-17,25,30H,4-6,11-15H2,1-3H3/b26-24+. The van der Waals surface area contributed by atoms with E-state index < -0.39 is 17.7 Å². The number of rotatable bonds is 11. The normalized spacial score (nSPS) is 18.2. The number of aliphatic hydroxyl groups is 1. The molecule has 37 heavy (non-hydrogen) atoms. The summed E-state index contributed by atoms with van der Waals surface area (Å²) in [6, 6.07) is 9.36. The molecule has 0 aliphatic carbocycles. The summed E-state index contributed by atoms with van der Waals surface area (Å²) >= 11 is 0.